The van der Waals surface area contributed by atoms with E-state index >= 15 is 0 Å². The molecule has 1 atom stereocenters. The van der Waals surface area contributed by atoms with Crippen molar-refractivity contribution >= 4 is 5.97 Å². The van der Waals surface area contributed by atoms with Crippen LogP contribution in [-0.2, 0) is 9.53 Å². The molecule has 68 valence electrons. The van der Waals surface area contributed by atoms with Gasteiger partial charge >= 0.3 is 12.0 Å². The molecule has 1 unspecified atom stereocenters. The number of carbonyl (C=O) groups is 1. The van der Waals surface area contributed by atoms with Gasteiger partial charge in [0.1, 0.15) is 0 Å². The Hall–Kier alpha value is -1.39. The Morgan fingerprint density at radius 3 is 2.67 bits per heavy atom. The van der Waals surface area contributed by atoms with E-state index in [-0.39, 0.29) is 6.42 Å². The van der Waals surface area contributed by atoms with E-state index in [0.29, 0.717) is 0 Å². The Balaban J connectivity index is 4.23. The number of carbonyl (C=O) groups excluding carboxylic acids is 1. The third-order valence-electron chi connectivity index (χ3n) is 1.32. The molecule has 0 spiro atoms. The maximum absolute atomic E-state index is 10.8. The molecule has 0 saturated heterocycles. The minimum absolute atomic E-state index is 0.0795. The monoisotopic (exact) mass is 173 g/mol. The molecule has 0 N–H and O–H groups in total. The van der Waals surface area contributed by atoms with Gasteiger partial charge in [0.2, 0.25) is 0 Å². The molecule has 0 aromatic heterocycles. The van der Waals surface area contributed by atoms with E-state index in [1.165, 1.54) is 0 Å². The van der Waals surface area contributed by atoms with Crippen LogP contribution in [0.1, 0.15) is 13.3 Å². The Morgan fingerprint density at radius 2 is 2.33 bits per heavy atom. The fraction of sp³-hybridized carbons (Fsp3) is 0.571. The summed E-state index contributed by atoms with van der Waals surface area (Å²) < 4.78 is 4.26. The van der Waals surface area contributed by atoms with E-state index in [2.05, 4.69) is 4.74 Å². The molecule has 12 heavy (non-hydrogen) atoms. The van der Waals surface area contributed by atoms with Gasteiger partial charge in [-0.15, -0.1) is 0 Å². The lowest BCUT2D eigenvalue weighted by Crippen LogP contribution is -2.29. The van der Waals surface area contributed by atoms with Crippen molar-refractivity contribution in [2.24, 2.45) is 0 Å². The van der Waals surface area contributed by atoms with Crippen LogP contribution in [-0.4, -0.2) is 24.0 Å². The first-order valence-electron chi connectivity index (χ1n) is 3.46. The van der Waals surface area contributed by atoms with Crippen molar-refractivity contribution in [2.45, 2.75) is 19.4 Å². The van der Waals surface area contributed by atoms with E-state index in [1.807, 2.05) is 0 Å². The predicted molar refractivity (Wildman–Crippen MR) is 42.2 cm³/mol. The summed E-state index contributed by atoms with van der Waals surface area (Å²) in [6.45, 7) is 1.73. The number of hydrogen-bond donors (Lipinski definition) is 0. The van der Waals surface area contributed by atoms with E-state index in [0.717, 1.165) is 7.11 Å². The largest absolute Gasteiger partial charge is 0.464 e. The minimum atomic E-state index is -1.27. The molecule has 0 amide bonds. The lowest BCUT2D eigenvalue weighted by Gasteiger charge is -2.03. The zero-order valence-electron chi connectivity index (χ0n) is 7.02. The molecular formula is C7H11NO4. The first kappa shape index (κ1) is 10.6. The Labute approximate surface area is 70.2 Å². The number of nitrogens with zero attached hydrogens (tertiary/aromatic N) is 1. The van der Waals surface area contributed by atoms with Crippen molar-refractivity contribution < 1.29 is 14.5 Å². The van der Waals surface area contributed by atoms with Gasteiger partial charge in [0.25, 0.3) is 0 Å². The molecule has 0 aliphatic rings. The summed E-state index contributed by atoms with van der Waals surface area (Å²) in [7, 11) is 1.13. The van der Waals surface area contributed by atoms with Gasteiger partial charge < -0.3 is 4.74 Å². The molecule has 0 aromatic carbocycles. The number of hydrogen-bond acceptors (Lipinski definition) is 4. The zero-order chi connectivity index (χ0) is 9.56. The Morgan fingerprint density at radius 1 is 1.75 bits per heavy atom. The standard InChI is InChI=1S/C7H11NO4/c1-3-4-5-6(8(10)11)7(9)12-2/h3-4,6H,5H2,1-2H3. The summed E-state index contributed by atoms with van der Waals surface area (Å²) in [5.41, 5.74) is 0. The maximum atomic E-state index is 10.8. The van der Waals surface area contributed by atoms with E-state index in [4.69, 9.17) is 0 Å². The third kappa shape index (κ3) is 3.14. The van der Waals surface area contributed by atoms with Crippen LogP contribution in [0.15, 0.2) is 12.2 Å². The van der Waals surface area contributed by atoms with Crippen LogP contribution in [0.4, 0.5) is 0 Å². The van der Waals surface area contributed by atoms with E-state index in [9.17, 15) is 14.9 Å². The number of ether oxygens (including phenoxy) is 1. The molecule has 0 bridgehead atoms. The summed E-state index contributed by atoms with van der Waals surface area (Å²) in [6.07, 6.45) is 3.29. The predicted octanol–water partition coefficient (Wildman–Crippen LogP) is 0.771. The lowest BCUT2D eigenvalue weighted by molar-refractivity contribution is -0.509. The van der Waals surface area contributed by atoms with Crippen molar-refractivity contribution in [2.75, 3.05) is 7.11 Å². The van der Waals surface area contributed by atoms with Crippen molar-refractivity contribution in [1.29, 1.82) is 0 Å². The second-order valence-electron chi connectivity index (χ2n) is 2.13. The highest BCUT2D eigenvalue weighted by atomic mass is 16.6. The average Bonchev–Trinajstić information content (AvgIpc) is 2.04. The number of methoxy groups -OCH3 is 1. The number of nitro groups is 1. The molecule has 0 radical (unpaired) electrons. The topological polar surface area (TPSA) is 69.4 Å². The third-order valence-corrected chi connectivity index (χ3v) is 1.32. The maximum Gasteiger partial charge on any atom is 0.381 e. The Kier molecular flexibility index (Phi) is 4.67. The summed E-state index contributed by atoms with van der Waals surface area (Å²) in [5.74, 6) is -0.807. The van der Waals surface area contributed by atoms with Gasteiger partial charge in [0.05, 0.1) is 7.11 Å². The molecule has 5 nitrogen and oxygen atoms in total. The van der Waals surface area contributed by atoms with Crippen LogP contribution < -0.4 is 0 Å². The van der Waals surface area contributed by atoms with Crippen molar-refractivity contribution in [3.8, 4) is 0 Å². The van der Waals surface area contributed by atoms with Crippen molar-refractivity contribution in [1.82, 2.24) is 0 Å². The van der Waals surface area contributed by atoms with Crippen LogP contribution in [0, 0.1) is 10.1 Å². The molecular weight excluding hydrogens is 162 g/mol. The van der Waals surface area contributed by atoms with Crippen LogP contribution in [0.25, 0.3) is 0 Å². The molecule has 0 aliphatic carbocycles. The smallest absolute Gasteiger partial charge is 0.381 e. The molecule has 0 fully saturated rings. The SMILES string of the molecule is CC=CCC(C(=O)OC)[N+](=O)[O-]. The number of rotatable bonds is 4. The zero-order valence-corrected chi connectivity index (χ0v) is 7.02. The molecule has 0 aliphatic heterocycles. The fourth-order valence-electron chi connectivity index (χ4n) is 0.669. The fourth-order valence-corrected chi connectivity index (χ4v) is 0.669. The second kappa shape index (κ2) is 5.29. The quantitative estimate of drug-likeness (QED) is 0.272. The van der Waals surface area contributed by atoms with Gasteiger partial charge in [-0.3, -0.25) is 10.1 Å². The van der Waals surface area contributed by atoms with Gasteiger partial charge in [-0.2, -0.15) is 0 Å². The number of allylic oxidation sites excluding steroid dienone is 1. The van der Waals surface area contributed by atoms with Crippen molar-refractivity contribution in [3.05, 3.63) is 22.3 Å². The molecule has 0 aromatic rings. The Bertz CT molecular complexity index is 200. The van der Waals surface area contributed by atoms with Gasteiger partial charge in [-0.05, 0) is 6.92 Å². The summed E-state index contributed by atoms with van der Waals surface area (Å²) in [6, 6.07) is -1.27. The first-order valence-corrected chi connectivity index (χ1v) is 3.46. The first-order chi connectivity index (χ1) is 5.63. The normalized spacial score (nSPS) is 12.8. The van der Waals surface area contributed by atoms with E-state index in [1.54, 1.807) is 19.1 Å². The summed E-state index contributed by atoms with van der Waals surface area (Å²) in [4.78, 5) is 20.4. The van der Waals surface area contributed by atoms with Crippen molar-refractivity contribution in [3.63, 3.8) is 0 Å². The van der Waals surface area contributed by atoms with Gasteiger partial charge in [0, 0.05) is 11.3 Å². The summed E-state index contributed by atoms with van der Waals surface area (Å²) >= 11 is 0. The highest BCUT2D eigenvalue weighted by Crippen LogP contribution is 2.00. The van der Waals surface area contributed by atoms with Crippen LogP contribution >= 0.6 is 0 Å². The van der Waals surface area contributed by atoms with Gasteiger partial charge in [-0.1, -0.05) is 12.2 Å². The molecule has 0 heterocycles. The molecule has 5 heteroatoms. The number of esters is 1. The van der Waals surface area contributed by atoms with Gasteiger partial charge in [0.15, 0.2) is 0 Å². The van der Waals surface area contributed by atoms with Gasteiger partial charge in [-0.25, -0.2) is 4.79 Å². The highest BCUT2D eigenvalue weighted by molar-refractivity contribution is 5.74. The highest BCUT2D eigenvalue weighted by Gasteiger charge is 2.28. The van der Waals surface area contributed by atoms with Crippen LogP contribution in [0.5, 0.6) is 0 Å². The summed E-state index contributed by atoms with van der Waals surface area (Å²) in [5, 5.41) is 10.3. The molecule has 0 rings (SSSR count). The average molecular weight is 173 g/mol. The van der Waals surface area contributed by atoms with E-state index < -0.39 is 16.9 Å². The molecule has 0 saturated carbocycles. The lowest BCUT2D eigenvalue weighted by atomic mass is 10.2. The van der Waals surface area contributed by atoms with Crippen LogP contribution in [0.3, 0.4) is 0 Å². The second-order valence-corrected chi connectivity index (χ2v) is 2.13. The minimum Gasteiger partial charge on any atom is -0.464 e. The van der Waals surface area contributed by atoms with Crippen LogP contribution in [0.2, 0.25) is 0 Å².